The summed E-state index contributed by atoms with van der Waals surface area (Å²) in [5.74, 6) is -0.460. The Balaban J connectivity index is 1.66. The molecule has 162 valence electrons. The van der Waals surface area contributed by atoms with Crippen molar-refractivity contribution in [1.29, 1.82) is 0 Å². The van der Waals surface area contributed by atoms with Crippen LogP contribution in [0.25, 0.3) is 0 Å². The van der Waals surface area contributed by atoms with Gasteiger partial charge in [-0.15, -0.1) is 6.58 Å². The number of para-hydroxylation sites is 1. The second-order valence-electron chi connectivity index (χ2n) is 7.28. The number of hydrogen-bond donors (Lipinski definition) is 2. The van der Waals surface area contributed by atoms with Crippen molar-refractivity contribution in [2.45, 2.75) is 19.8 Å². The topological polar surface area (TPSA) is 87.7 Å². The van der Waals surface area contributed by atoms with Gasteiger partial charge in [-0.25, -0.2) is 0 Å². The summed E-state index contributed by atoms with van der Waals surface area (Å²) in [6, 6.07) is 14.1. The maximum absolute atomic E-state index is 12.8. The summed E-state index contributed by atoms with van der Waals surface area (Å²) in [7, 11) is 0. The van der Waals surface area contributed by atoms with E-state index in [0.717, 1.165) is 17.9 Å². The first-order valence-electron chi connectivity index (χ1n) is 10.4. The number of nitrogens with one attached hydrogen (secondary N) is 2. The van der Waals surface area contributed by atoms with Crippen LogP contribution in [-0.2, 0) is 9.59 Å². The van der Waals surface area contributed by atoms with E-state index in [1.54, 1.807) is 35.2 Å². The molecule has 3 amide bonds. The molecular formula is C24H27N3O4. The average molecular weight is 421 g/mol. The zero-order valence-electron chi connectivity index (χ0n) is 17.6. The van der Waals surface area contributed by atoms with Crippen LogP contribution >= 0.6 is 0 Å². The summed E-state index contributed by atoms with van der Waals surface area (Å²) in [6.07, 6.45) is 2.62. The van der Waals surface area contributed by atoms with E-state index in [2.05, 4.69) is 17.2 Å². The minimum absolute atomic E-state index is 0.112. The fourth-order valence-electron chi connectivity index (χ4n) is 3.36. The van der Waals surface area contributed by atoms with Crippen LogP contribution in [0, 0.1) is 5.92 Å². The van der Waals surface area contributed by atoms with Crippen molar-refractivity contribution in [3.05, 3.63) is 66.7 Å². The Morgan fingerprint density at radius 1 is 1.19 bits per heavy atom. The Morgan fingerprint density at radius 3 is 2.65 bits per heavy atom. The molecular weight excluding hydrogens is 394 g/mol. The molecule has 1 aliphatic rings. The van der Waals surface area contributed by atoms with E-state index in [-0.39, 0.29) is 30.7 Å². The molecule has 7 nitrogen and oxygen atoms in total. The highest BCUT2D eigenvalue weighted by molar-refractivity contribution is 6.07. The van der Waals surface area contributed by atoms with Crippen LogP contribution in [0.5, 0.6) is 5.75 Å². The lowest BCUT2D eigenvalue weighted by Crippen LogP contribution is -2.29. The summed E-state index contributed by atoms with van der Waals surface area (Å²) >= 11 is 0. The van der Waals surface area contributed by atoms with Gasteiger partial charge >= 0.3 is 0 Å². The van der Waals surface area contributed by atoms with Gasteiger partial charge in [0.15, 0.2) is 0 Å². The Bertz CT molecular complexity index is 956. The van der Waals surface area contributed by atoms with Crippen molar-refractivity contribution in [1.82, 2.24) is 5.32 Å². The number of amides is 3. The first-order chi connectivity index (χ1) is 15.0. The smallest absolute Gasteiger partial charge is 0.253 e. The van der Waals surface area contributed by atoms with Crippen LogP contribution < -0.4 is 20.3 Å². The van der Waals surface area contributed by atoms with Crippen molar-refractivity contribution < 1.29 is 19.1 Å². The minimum Gasteiger partial charge on any atom is -0.494 e. The van der Waals surface area contributed by atoms with Gasteiger partial charge in [-0.1, -0.05) is 25.1 Å². The van der Waals surface area contributed by atoms with Crippen LogP contribution in [0.15, 0.2) is 61.2 Å². The second-order valence-corrected chi connectivity index (χ2v) is 7.28. The van der Waals surface area contributed by atoms with Crippen molar-refractivity contribution in [2.24, 2.45) is 5.92 Å². The van der Waals surface area contributed by atoms with E-state index in [1.165, 1.54) is 0 Å². The van der Waals surface area contributed by atoms with Crippen LogP contribution in [0.4, 0.5) is 11.4 Å². The molecule has 0 unspecified atom stereocenters. The molecule has 0 aromatic heterocycles. The predicted octanol–water partition coefficient (Wildman–Crippen LogP) is 3.38. The van der Waals surface area contributed by atoms with Crippen molar-refractivity contribution in [3.63, 3.8) is 0 Å². The van der Waals surface area contributed by atoms with Crippen LogP contribution in [-0.4, -0.2) is 37.4 Å². The van der Waals surface area contributed by atoms with E-state index < -0.39 is 5.92 Å². The Hall–Kier alpha value is -3.61. The molecule has 2 aromatic rings. The van der Waals surface area contributed by atoms with Gasteiger partial charge in [0.2, 0.25) is 11.8 Å². The Labute approximate surface area is 182 Å². The molecule has 1 heterocycles. The number of carbonyl (C=O) groups excluding carboxylic acids is 3. The summed E-state index contributed by atoms with van der Waals surface area (Å²) in [5, 5.41) is 5.51. The Kier molecular flexibility index (Phi) is 7.43. The van der Waals surface area contributed by atoms with Crippen LogP contribution in [0.2, 0.25) is 0 Å². The molecule has 2 N–H and O–H groups in total. The number of anilines is 2. The highest BCUT2D eigenvalue weighted by Crippen LogP contribution is 2.28. The number of benzene rings is 2. The maximum atomic E-state index is 12.8. The largest absolute Gasteiger partial charge is 0.494 e. The fourth-order valence-corrected chi connectivity index (χ4v) is 3.36. The van der Waals surface area contributed by atoms with E-state index in [1.807, 2.05) is 31.2 Å². The Morgan fingerprint density at radius 2 is 1.94 bits per heavy atom. The van der Waals surface area contributed by atoms with Crippen LogP contribution in [0.3, 0.4) is 0 Å². The lowest BCUT2D eigenvalue weighted by molar-refractivity contribution is -0.122. The summed E-state index contributed by atoms with van der Waals surface area (Å²) in [5.41, 5.74) is 1.51. The molecule has 1 fully saturated rings. The minimum atomic E-state index is -0.507. The quantitative estimate of drug-likeness (QED) is 0.608. The molecule has 2 aromatic carbocycles. The van der Waals surface area contributed by atoms with E-state index >= 15 is 0 Å². The molecule has 1 atom stereocenters. The van der Waals surface area contributed by atoms with Crippen molar-refractivity contribution in [3.8, 4) is 5.75 Å². The van der Waals surface area contributed by atoms with Crippen LogP contribution in [0.1, 0.15) is 30.1 Å². The highest BCUT2D eigenvalue weighted by atomic mass is 16.5. The van der Waals surface area contributed by atoms with E-state index in [0.29, 0.717) is 24.4 Å². The molecule has 0 spiro atoms. The van der Waals surface area contributed by atoms with Gasteiger partial charge in [-0.3, -0.25) is 14.4 Å². The lowest BCUT2D eigenvalue weighted by Gasteiger charge is -2.18. The third-order valence-electron chi connectivity index (χ3n) is 4.95. The zero-order chi connectivity index (χ0) is 22.2. The van der Waals surface area contributed by atoms with Gasteiger partial charge < -0.3 is 20.3 Å². The first-order valence-corrected chi connectivity index (χ1v) is 10.4. The summed E-state index contributed by atoms with van der Waals surface area (Å²) in [6.45, 7) is 6.86. The average Bonchev–Trinajstić information content (AvgIpc) is 3.18. The van der Waals surface area contributed by atoms with Crippen molar-refractivity contribution in [2.75, 3.05) is 29.9 Å². The van der Waals surface area contributed by atoms with Gasteiger partial charge in [0.05, 0.1) is 23.8 Å². The SMILES string of the molecule is C=CCNC(=O)c1ccccc1NC(=O)[C@H]1CC(=O)N(c2ccc(OCCC)cc2)C1. The normalized spacial score (nSPS) is 15.5. The monoisotopic (exact) mass is 421 g/mol. The van der Waals surface area contributed by atoms with Gasteiger partial charge in [0.25, 0.3) is 5.91 Å². The first kappa shape index (κ1) is 22.1. The van der Waals surface area contributed by atoms with Gasteiger partial charge in [-0.05, 0) is 42.8 Å². The number of nitrogens with zero attached hydrogens (tertiary/aromatic N) is 1. The maximum Gasteiger partial charge on any atom is 0.253 e. The summed E-state index contributed by atoms with van der Waals surface area (Å²) < 4.78 is 5.57. The molecule has 7 heteroatoms. The molecule has 0 bridgehead atoms. The predicted molar refractivity (Wildman–Crippen MR) is 120 cm³/mol. The third-order valence-corrected chi connectivity index (χ3v) is 4.95. The lowest BCUT2D eigenvalue weighted by atomic mass is 10.1. The summed E-state index contributed by atoms with van der Waals surface area (Å²) in [4.78, 5) is 39.3. The molecule has 1 aliphatic heterocycles. The van der Waals surface area contributed by atoms with Gasteiger partial charge in [0, 0.05) is 25.2 Å². The molecule has 0 radical (unpaired) electrons. The van der Waals surface area contributed by atoms with Gasteiger partial charge in [0.1, 0.15) is 5.75 Å². The molecule has 1 saturated heterocycles. The standard InChI is InChI=1S/C24H27N3O4/c1-3-13-25-24(30)20-7-5-6-8-21(20)26-23(29)17-15-22(28)27(16-17)18-9-11-19(12-10-18)31-14-4-2/h3,5-12,17H,1,4,13-16H2,2H3,(H,25,30)(H,26,29)/t17-/m0/s1. The highest BCUT2D eigenvalue weighted by Gasteiger charge is 2.35. The molecule has 0 saturated carbocycles. The number of carbonyl (C=O) groups is 3. The number of ether oxygens (including phenoxy) is 1. The second kappa shape index (κ2) is 10.4. The zero-order valence-corrected chi connectivity index (χ0v) is 17.6. The number of rotatable bonds is 9. The van der Waals surface area contributed by atoms with Gasteiger partial charge in [-0.2, -0.15) is 0 Å². The third kappa shape index (κ3) is 5.51. The fraction of sp³-hybridized carbons (Fsp3) is 0.292. The molecule has 3 rings (SSSR count). The molecule has 31 heavy (non-hydrogen) atoms. The molecule has 0 aliphatic carbocycles. The van der Waals surface area contributed by atoms with E-state index in [9.17, 15) is 14.4 Å². The van der Waals surface area contributed by atoms with Crippen molar-refractivity contribution >= 4 is 29.1 Å². The number of hydrogen-bond acceptors (Lipinski definition) is 4. The van der Waals surface area contributed by atoms with E-state index in [4.69, 9.17) is 4.74 Å².